The number of phenols is 1. The van der Waals surface area contributed by atoms with E-state index in [0.717, 1.165) is 6.42 Å². The molecule has 0 spiro atoms. The van der Waals surface area contributed by atoms with E-state index in [1.165, 1.54) is 28.0 Å². The fourth-order valence-corrected chi connectivity index (χ4v) is 3.81. The van der Waals surface area contributed by atoms with Crippen LogP contribution in [0.4, 0.5) is 0 Å². The van der Waals surface area contributed by atoms with Crippen molar-refractivity contribution >= 4 is 11.8 Å². The second-order valence-corrected chi connectivity index (χ2v) is 6.09. The Balaban J connectivity index is 1.88. The summed E-state index contributed by atoms with van der Waals surface area (Å²) in [5, 5.41) is 9.86. The van der Waals surface area contributed by atoms with Crippen molar-refractivity contribution in [2.24, 2.45) is 0 Å². The first-order chi connectivity index (χ1) is 8.72. The number of aryl methyl sites for hydroxylation is 2. The summed E-state index contributed by atoms with van der Waals surface area (Å²) in [4.78, 5) is 1.42. The van der Waals surface area contributed by atoms with E-state index in [9.17, 15) is 5.11 Å². The maximum absolute atomic E-state index is 9.34. The minimum atomic E-state index is 0.343. The highest BCUT2D eigenvalue weighted by Crippen LogP contribution is 2.44. The molecule has 1 N–H and O–H groups in total. The summed E-state index contributed by atoms with van der Waals surface area (Å²) in [6.45, 7) is 2.14. The van der Waals surface area contributed by atoms with Gasteiger partial charge in [-0.25, -0.2) is 0 Å². The number of fused-ring (bicyclic) bond motifs is 1. The third kappa shape index (κ3) is 2.25. The molecule has 2 aromatic rings. The smallest absolute Gasteiger partial charge is 0.115 e. The molecule has 0 amide bonds. The normalized spacial score (nSPS) is 18.4. The zero-order valence-electron chi connectivity index (χ0n) is 10.4. The van der Waals surface area contributed by atoms with Crippen LogP contribution >= 0.6 is 11.8 Å². The molecule has 0 aromatic heterocycles. The van der Waals surface area contributed by atoms with Gasteiger partial charge in [0.2, 0.25) is 0 Å². The third-order valence-corrected chi connectivity index (χ3v) is 4.86. The number of hydrogen-bond donors (Lipinski definition) is 1. The number of phenolic OH excluding ortho intramolecular Hbond substituents is 1. The fourth-order valence-electron chi connectivity index (χ4n) is 2.40. The van der Waals surface area contributed by atoms with Crippen LogP contribution in [0.25, 0.3) is 0 Å². The molecular formula is C16H16OS. The Labute approximate surface area is 112 Å². The number of aromatic hydroxyl groups is 1. The van der Waals surface area contributed by atoms with Gasteiger partial charge in [-0.2, -0.15) is 0 Å². The Bertz CT molecular complexity index is 560. The van der Waals surface area contributed by atoms with Crippen LogP contribution in [0.1, 0.15) is 28.4 Å². The first kappa shape index (κ1) is 11.7. The van der Waals surface area contributed by atoms with Gasteiger partial charge in [0.15, 0.2) is 0 Å². The predicted octanol–water partition coefficient (Wildman–Crippen LogP) is 4.48. The molecule has 0 unspecified atom stereocenters. The maximum Gasteiger partial charge on any atom is 0.115 e. The average Bonchev–Trinajstić information content (AvgIpc) is 2.38. The Kier molecular flexibility index (Phi) is 3.04. The van der Waals surface area contributed by atoms with E-state index in [2.05, 4.69) is 25.1 Å². The van der Waals surface area contributed by atoms with Crippen molar-refractivity contribution < 1.29 is 5.11 Å². The van der Waals surface area contributed by atoms with E-state index in [4.69, 9.17) is 0 Å². The summed E-state index contributed by atoms with van der Waals surface area (Å²) >= 11 is 1.95. The second kappa shape index (κ2) is 4.69. The maximum atomic E-state index is 9.34. The molecule has 1 aliphatic rings. The number of rotatable bonds is 1. The van der Waals surface area contributed by atoms with E-state index in [1.807, 2.05) is 23.9 Å². The highest BCUT2D eigenvalue weighted by molar-refractivity contribution is 7.99. The van der Waals surface area contributed by atoms with E-state index < -0.39 is 0 Å². The minimum Gasteiger partial charge on any atom is -0.508 e. The van der Waals surface area contributed by atoms with Crippen molar-refractivity contribution in [1.82, 2.24) is 0 Å². The lowest BCUT2D eigenvalue weighted by atomic mass is 10.0. The monoisotopic (exact) mass is 256 g/mol. The molecule has 1 heterocycles. The van der Waals surface area contributed by atoms with Gasteiger partial charge in [0.25, 0.3) is 0 Å². The highest BCUT2D eigenvalue weighted by atomic mass is 32.2. The largest absolute Gasteiger partial charge is 0.508 e. The molecule has 0 saturated heterocycles. The number of hydrogen-bond acceptors (Lipinski definition) is 2. The minimum absolute atomic E-state index is 0.343. The second-order valence-electron chi connectivity index (χ2n) is 4.85. The van der Waals surface area contributed by atoms with Crippen LogP contribution in [-0.2, 0) is 6.42 Å². The molecule has 0 aliphatic carbocycles. The molecule has 0 bridgehead atoms. The van der Waals surface area contributed by atoms with Crippen molar-refractivity contribution in [3.05, 3.63) is 59.2 Å². The molecule has 1 atom stereocenters. The molecule has 92 valence electrons. The zero-order chi connectivity index (χ0) is 12.5. The highest BCUT2D eigenvalue weighted by Gasteiger charge is 2.20. The van der Waals surface area contributed by atoms with Crippen molar-refractivity contribution in [2.75, 3.05) is 0 Å². The van der Waals surface area contributed by atoms with E-state index in [-0.39, 0.29) is 0 Å². The molecule has 2 aromatic carbocycles. The Hall–Kier alpha value is -1.41. The molecule has 2 heteroatoms. The standard InChI is InChI=1S/C16H16OS/c1-11-2-3-13-6-9-15(18-16(13)10-11)12-4-7-14(17)8-5-12/h2-5,7-8,10,15,17H,6,9H2,1H3/t15-/m0/s1. The van der Waals surface area contributed by atoms with Crippen LogP contribution in [0.15, 0.2) is 47.4 Å². The summed E-state index contributed by atoms with van der Waals surface area (Å²) in [5.74, 6) is 0.343. The van der Waals surface area contributed by atoms with Crippen molar-refractivity contribution in [3.63, 3.8) is 0 Å². The molecule has 0 fully saturated rings. The molecule has 3 rings (SSSR count). The molecule has 0 radical (unpaired) electrons. The SMILES string of the molecule is Cc1ccc2c(c1)S[C@H](c1ccc(O)cc1)CC2. The number of thioether (sulfide) groups is 1. The van der Waals surface area contributed by atoms with Gasteiger partial charge in [0, 0.05) is 10.1 Å². The topological polar surface area (TPSA) is 20.2 Å². The van der Waals surface area contributed by atoms with E-state index in [0.29, 0.717) is 11.0 Å². The van der Waals surface area contributed by atoms with Crippen LogP contribution in [0.3, 0.4) is 0 Å². The number of benzene rings is 2. The Morgan fingerprint density at radius 1 is 1.11 bits per heavy atom. The van der Waals surface area contributed by atoms with E-state index in [1.54, 1.807) is 12.1 Å². The summed E-state index contributed by atoms with van der Waals surface area (Å²) in [7, 11) is 0. The summed E-state index contributed by atoms with van der Waals surface area (Å²) in [6.07, 6.45) is 2.32. The van der Waals surface area contributed by atoms with Gasteiger partial charge in [-0.1, -0.05) is 29.8 Å². The van der Waals surface area contributed by atoms with Gasteiger partial charge < -0.3 is 5.11 Å². The van der Waals surface area contributed by atoms with Crippen LogP contribution in [-0.4, -0.2) is 5.11 Å². The van der Waals surface area contributed by atoms with Crippen LogP contribution in [0.2, 0.25) is 0 Å². The summed E-state index contributed by atoms with van der Waals surface area (Å²) in [6, 6.07) is 14.4. The van der Waals surface area contributed by atoms with Crippen molar-refractivity contribution in [2.45, 2.75) is 29.9 Å². The van der Waals surface area contributed by atoms with Crippen LogP contribution < -0.4 is 0 Å². The Morgan fingerprint density at radius 2 is 1.89 bits per heavy atom. The summed E-state index contributed by atoms with van der Waals surface area (Å²) < 4.78 is 0. The van der Waals surface area contributed by atoms with Gasteiger partial charge in [-0.15, -0.1) is 11.8 Å². The Morgan fingerprint density at radius 3 is 2.67 bits per heavy atom. The van der Waals surface area contributed by atoms with Gasteiger partial charge in [0.05, 0.1) is 0 Å². The lowest BCUT2D eigenvalue weighted by Gasteiger charge is -2.24. The van der Waals surface area contributed by atoms with Crippen molar-refractivity contribution in [3.8, 4) is 5.75 Å². The molecule has 1 nitrogen and oxygen atoms in total. The van der Waals surface area contributed by atoms with Gasteiger partial charge in [-0.05, 0) is 49.1 Å². The van der Waals surface area contributed by atoms with Gasteiger partial charge in [-0.3, -0.25) is 0 Å². The van der Waals surface area contributed by atoms with Gasteiger partial charge in [0.1, 0.15) is 5.75 Å². The van der Waals surface area contributed by atoms with Crippen molar-refractivity contribution in [1.29, 1.82) is 0 Å². The van der Waals surface area contributed by atoms with Crippen LogP contribution in [0, 0.1) is 6.92 Å². The zero-order valence-corrected chi connectivity index (χ0v) is 11.2. The van der Waals surface area contributed by atoms with Crippen LogP contribution in [0.5, 0.6) is 5.75 Å². The molecular weight excluding hydrogens is 240 g/mol. The third-order valence-electron chi connectivity index (χ3n) is 3.43. The summed E-state index contributed by atoms with van der Waals surface area (Å²) in [5.41, 5.74) is 4.11. The molecule has 1 aliphatic heterocycles. The first-order valence-electron chi connectivity index (χ1n) is 6.27. The average molecular weight is 256 g/mol. The fraction of sp³-hybridized carbons (Fsp3) is 0.250. The van der Waals surface area contributed by atoms with Gasteiger partial charge >= 0.3 is 0 Å². The lowest BCUT2D eigenvalue weighted by molar-refractivity contribution is 0.475. The molecule has 0 saturated carbocycles. The molecule has 18 heavy (non-hydrogen) atoms. The van der Waals surface area contributed by atoms with E-state index >= 15 is 0 Å². The quantitative estimate of drug-likeness (QED) is 0.811. The predicted molar refractivity (Wildman–Crippen MR) is 76.2 cm³/mol. The first-order valence-corrected chi connectivity index (χ1v) is 7.15. The lowest BCUT2D eigenvalue weighted by Crippen LogP contribution is -2.04.